The van der Waals surface area contributed by atoms with Crippen LogP contribution in [0.3, 0.4) is 0 Å². The Morgan fingerprint density at radius 2 is 1.89 bits per heavy atom. The van der Waals surface area contributed by atoms with E-state index in [2.05, 4.69) is 5.32 Å². The molecule has 144 valence electrons. The molecule has 1 aromatic carbocycles. The summed E-state index contributed by atoms with van der Waals surface area (Å²) in [6.07, 6.45) is 0.253. The van der Waals surface area contributed by atoms with Crippen LogP contribution in [0.15, 0.2) is 28.7 Å². The molecule has 0 bridgehead atoms. The number of esters is 2. The molecule has 1 N–H and O–H groups in total. The second-order valence-corrected chi connectivity index (χ2v) is 7.84. The van der Waals surface area contributed by atoms with E-state index in [9.17, 15) is 14.4 Å². The van der Waals surface area contributed by atoms with E-state index in [-0.39, 0.29) is 24.5 Å². The third-order valence-corrected chi connectivity index (χ3v) is 5.46. The number of furan rings is 1. The predicted molar refractivity (Wildman–Crippen MR) is 98.9 cm³/mol. The van der Waals surface area contributed by atoms with Crippen LogP contribution in [0.4, 0.5) is 5.69 Å². The van der Waals surface area contributed by atoms with Crippen molar-refractivity contribution in [2.45, 2.75) is 24.6 Å². The number of ether oxygens (including phenoxy) is 2. The van der Waals surface area contributed by atoms with Crippen LogP contribution in [0.25, 0.3) is 11.0 Å². The molecule has 27 heavy (non-hydrogen) atoms. The molecule has 1 amide bonds. The fourth-order valence-electron chi connectivity index (χ4n) is 2.60. The van der Waals surface area contributed by atoms with Crippen LogP contribution >= 0.6 is 23.2 Å². The van der Waals surface area contributed by atoms with E-state index in [0.717, 1.165) is 0 Å². The molecule has 1 aromatic heterocycles. The van der Waals surface area contributed by atoms with Gasteiger partial charge in [-0.05, 0) is 26.0 Å². The molecule has 0 radical (unpaired) electrons. The lowest BCUT2D eigenvalue weighted by molar-refractivity contribution is -0.152. The number of rotatable bonds is 6. The number of anilines is 1. The van der Waals surface area contributed by atoms with Gasteiger partial charge in [0.25, 0.3) is 5.91 Å². The first-order chi connectivity index (χ1) is 12.7. The number of alkyl halides is 2. The summed E-state index contributed by atoms with van der Waals surface area (Å²) in [6, 6.07) is 6.80. The number of nitrogens with one attached hydrogen (secondary N) is 1. The number of hydrogen-bond acceptors (Lipinski definition) is 6. The van der Waals surface area contributed by atoms with Gasteiger partial charge in [0.2, 0.25) is 5.76 Å². The van der Waals surface area contributed by atoms with E-state index >= 15 is 0 Å². The quantitative estimate of drug-likeness (QED) is 0.573. The summed E-state index contributed by atoms with van der Waals surface area (Å²) in [7, 11) is 0. The molecule has 0 aliphatic heterocycles. The third-order valence-electron chi connectivity index (χ3n) is 4.36. The minimum atomic E-state index is -1.18. The molecule has 0 saturated heterocycles. The van der Waals surface area contributed by atoms with E-state index in [0.29, 0.717) is 11.0 Å². The zero-order valence-corrected chi connectivity index (χ0v) is 16.1. The van der Waals surface area contributed by atoms with Gasteiger partial charge in [0.15, 0.2) is 6.61 Å². The lowest BCUT2D eigenvalue weighted by Gasteiger charge is -2.12. The number of halogens is 2. The molecular formula is C18H17Cl2NO6. The number of para-hydroxylation sites is 1. The summed E-state index contributed by atoms with van der Waals surface area (Å²) in [5.41, 5.74) is -0.464. The highest BCUT2D eigenvalue weighted by Crippen LogP contribution is 2.64. The van der Waals surface area contributed by atoms with Gasteiger partial charge in [-0.2, -0.15) is 0 Å². The Kier molecular flexibility index (Phi) is 5.10. The minimum Gasteiger partial charge on any atom is -0.460 e. The van der Waals surface area contributed by atoms with Crippen molar-refractivity contribution in [3.05, 3.63) is 30.0 Å². The van der Waals surface area contributed by atoms with E-state index in [1.807, 2.05) is 0 Å². The van der Waals surface area contributed by atoms with Gasteiger partial charge in [0.05, 0.1) is 6.61 Å². The molecule has 0 unspecified atom stereocenters. The maximum Gasteiger partial charge on any atom is 0.376 e. The summed E-state index contributed by atoms with van der Waals surface area (Å²) in [5, 5.41) is 3.07. The Hall–Kier alpha value is -2.25. The van der Waals surface area contributed by atoms with Gasteiger partial charge in [0.1, 0.15) is 21.0 Å². The van der Waals surface area contributed by atoms with Crippen LogP contribution < -0.4 is 5.32 Å². The molecular weight excluding hydrogens is 397 g/mol. The van der Waals surface area contributed by atoms with Crippen molar-refractivity contribution in [3.8, 4) is 0 Å². The van der Waals surface area contributed by atoms with Gasteiger partial charge < -0.3 is 19.2 Å². The number of hydrogen-bond donors (Lipinski definition) is 1. The summed E-state index contributed by atoms with van der Waals surface area (Å²) < 4.78 is 14.3. The Labute approximate surface area is 164 Å². The topological polar surface area (TPSA) is 94.8 Å². The number of benzene rings is 1. The molecule has 1 aliphatic carbocycles. The molecule has 1 aliphatic rings. The fourth-order valence-corrected chi connectivity index (χ4v) is 3.29. The average molecular weight is 414 g/mol. The van der Waals surface area contributed by atoms with Crippen LogP contribution in [-0.2, 0) is 19.1 Å². The highest BCUT2D eigenvalue weighted by Gasteiger charge is 2.69. The molecule has 1 atom stereocenters. The number of fused-ring (bicyclic) bond motifs is 1. The maximum atomic E-state index is 12.3. The van der Waals surface area contributed by atoms with Crippen LogP contribution in [-0.4, -0.2) is 35.4 Å². The van der Waals surface area contributed by atoms with Gasteiger partial charge >= 0.3 is 11.9 Å². The van der Waals surface area contributed by atoms with Crippen LogP contribution in [0.5, 0.6) is 0 Å². The Bertz CT molecular complexity index is 922. The third kappa shape index (κ3) is 3.61. The van der Waals surface area contributed by atoms with Gasteiger partial charge in [-0.3, -0.25) is 9.59 Å². The molecule has 0 spiro atoms. The maximum absolute atomic E-state index is 12.3. The largest absolute Gasteiger partial charge is 0.460 e. The lowest BCUT2D eigenvalue weighted by atomic mass is 10.1. The highest BCUT2D eigenvalue weighted by molar-refractivity contribution is 6.53. The number of carbonyl (C=O) groups is 3. The number of amides is 1. The molecule has 7 nitrogen and oxygen atoms in total. The highest BCUT2D eigenvalue weighted by atomic mass is 35.5. The first-order valence-electron chi connectivity index (χ1n) is 8.23. The summed E-state index contributed by atoms with van der Waals surface area (Å²) in [5.74, 6) is -2.14. The lowest BCUT2D eigenvalue weighted by Crippen LogP contribution is -2.27. The Morgan fingerprint density at radius 3 is 2.52 bits per heavy atom. The van der Waals surface area contributed by atoms with E-state index in [1.165, 1.54) is 0 Å². The van der Waals surface area contributed by atoms with Crippen molar-refractivity contribution in [3.63, 3.8) is 0 Å². The molecule has 2 aromatic rings. The second-order valence-electron chi connectivity index (χ2n) is 6.36. The van der Waals surface area contributed by atoms with Gasteiger partial charge in [-0.25, -0.2) is 4.79 Å². The van der Waals surface area contributed by atoms with E-state index in [1.54, 1.807) is 38.1 Å². The minimum absolute atomic E-state index is 0.132. The zero-order chi connectivity index (χ0) is 19.8. The smallest absolute Gasteiger partial charge is 0.376 e. The van der Waals surface area contributed by atoms with Gasteiger partial charge in [-0.15, -0.1) is 23.2 Å². The molecule has 3 rings (SSSR count). The SMILES string of the molecule is CCOC(=O)c1oc2ccccc2c1NC(=O)COC(=O)[C@@]1(C)CC1(Cl)Cl. The summed E-state index contributed by atoms with van der Waals surface area (Å²) in [6.45, 7) is 2.82. The first-order valence-corrected chi connectivity index (χ1v) is 8.99. The first kappa shape index (κ1) is 19.5. The Morgan fingerprint density at radius 1 is 1.22 bits per heavy atom. The molecule has 1 heterocycles. The van der Waals surface area contributed by atoms with Crippen molar-refractivity contribution >= 4 is 57.7 Å². The van der Waals surface area contributed by atoms with Crippen molar-refractivity contribution in [2.24, 2.45) is 5.41 Å². The monoisotopic (exact) mass is 413 g/mol. The van der Waals surface area contributed by atoms with Gasteiger partial charge in [0, 0.05) is 11.8 Å². The van der Waals surface area contributed by atoms with Crippen molar-refractivity contribution in [2.75, 3.05) is 18.5 Å². The normalized spacial score (nSPS) is 20.1. The van der Waals surface area contributed by atoms with Crippen LogP contribution in [0.1, 0.15) is 30.8 Å². The van der Waals surface area contributed by atoms with Crippen LogP contribution in [0, 0.1) is 5.41 Å². The van der Waals surface area contributed by atoms with Crippen LogP contribution in [0.2, 0.25) is 0 Å². The number of carbonyl (C=O) groups excluding carboxylic acids is 3. The molecule has 1 fully saturated rings. The average Bonchev–Trinajstić information content (AvgIpc) is 2.98. The predicted octanol–water partition coefficient (Wildman–Crippen LogP) is 3.68. The fraction of sp³-hybridized carbons (Fsp3) is 0.389. The van der Waals surface area contributed by atoms with Crippen molar-refractivity contribution in [1.82, 2.24) is 0 Å². The zero-order valence-electron chi connectivity index (χ0n) is 14.6. The summed E-state index contributed by atoms with van der Waals surface area (Å²) in [4.78, 5) is 36.4. The second kappa shape index (κ2) is 7.05. The van der Waals surface area contributed by atoms with E-state index in [4.69, 9.17) is 37.1 Å². The molecule has 1 saturated carbocycles. The van der Waals surface area contributed by atoms with Crippen molar-refractivity contribution < 1.29 is 28.3 Å². The molecule has 9 heteroatoms. The van der Waals surface area contributed by atoms with Crippen molar-refractivity contribution in [1.29, 1.82) is 0 Å². The summed E-state index contributed by atoms with van der Waals surface area (Å²) >= 11 is 11.8. The van der Waals surface area contributed by atoms with Gasteiger partial charge in [-0.1, -0.05) is 12.1 Å². The van der Waals surface area contributed by atoms with E-state index < -0.39 is 34.2 Å². The Balaban J connectivity index is 1.74. The standard InChI is InChI=1S/C18H17Cl2NO6/c1-3-25-15(23)14-13(10-6-4-5-7-11(10)27-14)21-12(22)8-26-16(24)17(2)9-18(17,19)20/h4-7H,3,8-9H2,1-2H3,(H,21,22)/t17-/m1/s1.